The van der Waals surface area contributed by atoms with E-state index in [1.165, 1.54) is 24.3 Å². The SMILES string of the molecule is Cc1ccc(S(=O)(=O)OC(=N)CCC(=O)OS(=O)(=O)c2ccc(C)cc2)cc1. The van der Waals surface area contributed by atoms with Crippen molar-refractivity contribution < 1.29 is 30.0 Å². The lowest BCUT2D eigenvalue weighted by atomic mass is 10.2. The van der Waals surface area contributed by atoms with E-state index in [1.54, 1.807) is 38.1 Å². The third-order valence-electron chi connectivity index (χ3n) is 3.59. The van der Waals surface area contributed by atoms with Crippen molar-refractivity contribution in [3.05, 3.63) is 59.7 Å². The molecule has 2 aromatic rings. The van der Waals surface area contributed by atoms with E-state index in [9.17, 15) is 21.6 Å². The van der Waals surface area contributed by atoms with Crippen LogP contribution in [0.25, 0.3) is 0 Å². The maximum absolute atomic E-state index is 12.1. The van der Waals surface area contributed by atoms with Crippen LogP contribution in [0, 0.1) is 19.3 Å². The molecular formula is C18H19NO7S2. The molecule has 0 saturated heterocycles. The molecule has 0 amide bonds. The van der Waals surface area contributed by atoms with Gasteiger partial charge in [-0.05, 0) is 38.1 Å². The number of benzene rings is 2. The van der Waals surface area contributed by atoms with Gasteiger partial charge in [0.1, 0.15) is 9.79 Å². The molecular weight excluding hydrogens is 406 g/mol. The van der Waals surface area contributed by atoms with Crippen molar-refractivity contribution in [3.63, 3.8) is 0 Å². The third-order valence-corrected chi connectivity index (χ3v) is 6.11. The first-order valence-electron chi connectivity index (χ1n) is 8.12. The lowest BCUT2D eigenvalue weighted by Gasteiger charge is -2.09. The summed E-state index contributed by atoms with van der Waals surface area (Å²) >= 11 is 0. The van der Waals surface area contributed by atoms with Crippen LogP contribution in [0.3, 0.4) is 0 Å². The van der Waals surface area contributed by atoms with Crippen LogP contribution in [0.2, 0.25) is 0 Å². The maximum atomic E-state index is 12.1. The molecule has 8 nitrogen and oxygen atoms in total. The Hall–Kier alpha value is -2.72. The molecule has 0 spiro atoms. The lowest BCUT2D eigenvalue weighted by molar-refractivity contribution is -0.133. The zero-order chi connectivity index (χ0) is 20.9. The highest BCUT2D eigenvalue weighted by Crippen LogP contribution is 2.16. The Balaban J connectivity index is 1.92. The summed E-state index contributed by atoms with van der Waals surface area (Å²) in [6, 6.07) is 11.5. The van der Waals surface area contributed by atoms with Crippen LogP contribution in [0.5, 0.6) is 0 Å². The molecule has 0 aliphatic carbocycles. The molecule has 0 aliphatic rings. The second kappa shape index (κ2) is 8.53. The Kier molecular flexibility index (Phi) is 6.57. The molecule has 0 aliphatic heterocycles. The molecule has 0 radical (unpaired) electrons. The molecule has 0 bridgehead atoms. The summed E-state index contributed by atoms with van der Waals surface area (Å²) in [6.07, 6.45) is -0.972. The van der Waals surface area contributed by atoms with Crippen LogP contribution in [-0.2, 0) is 33.4 Å². The van der Waals surface area contributed by atoms with Crippen molar-refractivity contribution in [1.29, 1.82) is 5.41 Å². The fourth-order valence-corrected chi connectivity index (χ4v) is 3.87. The van der Waals surface area contributed by atoms with E-state index >= 15 is 0 Å². The fourth-order valence-electron chi connectivity index (χ4n) is 2.06. The number of carbonyl (C=O) groups excluding carboxylic acids is 1. The van der Waals surface area contributed by atoms with Gasteiger partial charge >= 0.3 is 26.2 Å². The smallest absolute Gasteiger partial charge is 0.341 e. The van der Waals surface area contributed by atoms with Gasteiger partial charge in [0.25, 0.3) is 0 Å². The predicted molar refractivity (Wildman–Crippen MR) is 101 cm³/mol. The number of aryl methyl sites for hydroxylation is 2. The highest BCUT2D eigenvalue weighted by Gasteiger charge is 2.22. The summed E-state index contributed by atoms with van der Waals surface area (Å²) in [6.45, 7) is 3.56. The van der Waals surface area contributed by atoms with Gasteiger partial charge in [0.15, 0.2) is 0 Å². The van der Waals surface area contributed by atoms with Crippen LogP contribution in [0.15, 0.2) is 58.3 Å². The predicted octanol–water partition coefficient (Wildman–Crippen LogP) is 2.70. The van der Waals surface area contributed by atoms with Crippen molar-refractivity contribution in [1.82, 2.24) is 0 Å². The first-order chi connectivity index (χ1) is 13.0. The standard InChI is InChI=1S/C18H19NO7S2/c1-13-3-7-15(8-4-13)27(21,22)25-17(19)11-12-18(20)26-28(23,24)16-9-5-14(2)6-10-16/h3-10,19H,11-12H2,1-2H3. The van der Waals surface area contributed by atoms with E-state index in [0.29, 0.717) is 0 Å². The molecule has 1 N–H and O–H groups in total. The van der Waals surface area contributed by atoms with Crippen molar-refractivity contribution in [2.24, 2.45) is 0 Å². The van der Waals surface area contributed by atoms with Gasteiger partial charge in [0.05, 0.1) is 6.42 Å². The van der Waals surface area contributed by atoms with Crippen molar-refractivity contribution in [2.45, 2.75) is 36.5 Å². The minimum Gasteiger partial charge on any atom is -0.364 e. The summed E-state index contributed by atoms with van der Waals surface area (Å²) in [4.78, 5) is 11.5. The molecule has 28 heavy (non-hydrogen) atoms. The maximum Gasteiger partial charge on any atom is 0.341 e. The summed E-state index contributed by atoms with van der Waals surface area (Å²) in [5.41, 5.74) is 1.69. The summed E-state index contributed by atoms with van der Waals surface area (Å²) in [5, 5.41) is 7.59. The Morgan fingerprint density at radius 2 is 1.14 bits per heavy atom. The molecule has 0 aromatic heterocycles. The zero-order valence-corrected chi connectivity index (χ0v) is 16.8. The van der Waals surface area contributed by atoms with Crippen LogP contribution < -0.4 is 0 Å². The molecule has 0 fully saturated rings. The van der Waals surface area contributed by atoms with Crippen molar-refractivity contribution in [3.8, 4) is 0 Å². The second-order valence-electron chi connectivity index (χ2n) is 6.00. The van der Waals surface area contributed by atoms with Crippen LogP contribution in [0.1, 0.15) is 24.0 Å². The van der Waals surface area contributed by atoms with Crippen molar-refractivity contribution in [2.75, 3.05) is 0 Å². The largest absolute Gasteiger partial charge is 0.364 e. The molecule has 0 saturated carbocycles. The van der Waals surface area contributed by atoms with Gasteiger partial charge in [-0.3, -0.25) is 10.2 Å². The first-order valence-corrected chi connectivity index (χ1v) is 10.9. The van der Waals surface area contributed by atoms with E-state index in [0.717, 1.165) is 11.1 Å². The van der Waals surface area contributed by atoms with E-state index in [2.05, 4.69) is 8.37 Å². The highest BCUT2D eigenvalue weighted by molar-refractivity contribution is 7.87. The minimum absolute atomic E-state index is 0.132. The third kappa shape index (κ3) is 5.89. The average Bonchev–Trinajstić information content (AvgIpc) is 2.60. The minimum atomic E-state index is -4.29. The molecule has 2 aromatic carbocycles. The first kappa shape index (κ1) is 21.6. The number of nitrogens with one attached hydrogen (secondary N) is 1. The molecule has 0 atom stereocenters. The van der Waals surface area contributed by atoms with Gasteiger partial charge in [0.2, 0.25) is 5.90 Å². The molecule has 0 heterocycles. The van der Waals surface area contributed by atoms with Crippen molar-refractivity contribution >= 4 is 32.1 Å². The van der Waals surface area contributed by atoms with E-state index in [4.69, 9.17) is 5.41 Å². The summed E-state index contributed by atoms with van der Waals surface area (Å²) < 4.78 is 57.3. The number of carbonyl (C=O) groups is 1. The number of hydrogen-bond acceptors (Lipinski definition) is 8. The van der Waals surface area contributed by atoms with Crippen LogP contribution in [0.4, 0.5) is 0 Å². The quantitative estimate of drug-likeness (QED) is 0.410. The Bertz CT molecular complexity index is 982. The van der Waals surface area contributed by atoms with Gasteiger partial charge in [-0.25, -0.2) is 0 Å². The molecule has 150 valence electrons. The topological polar surface area (TPSA) is 128 Å². The van der Waals surface area contributed by atoms with Gasteiger partial charge in [-0.2, -0.15) is 16.8 Å². The van der Waals surface area contributed by atoms with E-state index in [1.807, 2.05) is 0 Å². The summed E-state index contributed by atoms with van der Waals surface area (Å²) in [7, 11) is -8.49. The van der Waals surface area contributed by atoms with Crippen LogP contribution >= 0.6 is 0 Å². The van der Waals surface area contributed by atoms with Gasteiger partial charge in [-0.1, -0.05) is 35.4 Å². The van der Waals surface area contributed by atoms with E-state index in [-0.39, 0.29) is 9.79 Å². The summed E-state index contributed by atoms with van der Waals surface area (Å²) in [5.74, 6) is -1.83. The number of hydrogen-bond donors (Lipinski definition) is 1. The average molecular weight is 425 g/mol. The lowest BCUT2D eigenvalue weighted by Crippen LogP contribution is -2.17. The molecule has 0 unspecified atom stereocenters. The van der Waals surface area contributed by atoms with Gasteiger partial charge in [0, 0.05) is 6.42 Å². The highest BCUT2D eigenvalue weighted by atomic mass is 32.2. The van der Waals surface area contributed by atoms with Gasteiger partial charge < -0.3 is 8.37 Å². The van der Waals surface area contributed by atoms with E-state index < -0.39 is 44.9 Å². The Morgan fingerprint density at radius 1 is 0.750 bits per heavy atom. The Labute approximate surface area is 163 Å². The molecule has 10 heteroatoms. The van der Waals surface area contributed by atoms with Gasteiger partial charge in [-0.15, -0.1) is 0 Å². The zero-order valence-electron chi connectivity index (χ0n) is 15.2. The fraction of sp³-hybridized carbons (Fsp3) is 0.222. The monoisotopic (exact) mass is 425 g/mol. The number of rotatable bonds is 7. The Morgan fingerprint density at radius 3 is 1.57 bits per heavy atom. The molecule has 2 rings (SSSR count). The normalized spacial score (nSPS) is 11.6. The van der Waals surface area contributed by atoms with Crippen LogP contribution in [-0.4, -0.2) is 28.7 Å². The second-order valence-corrected chi connectivity index (χ2v) is 9.09.